The van der Waals surface area contributed by atoms with Gasteiger partial charge in [0.15, 0.2) is 0 Å². The molecule has 0 spiro atoms. The number of aryl methyl sites for hydroxylation is 1. The SMILES string of the molecule is CCCNC(C)c1ccc(-c2csc(C)c2)cc1. The lowest BCUT2D eigenvalue weighted by atomic mass is 10.0. The number of nitrogens with one attached hydrogen (secondary N) is 1. The molecule has 1 unspecified atom stereocenters. The van der Waals surface area contributed by atoms with Gasteiger partial charge in [-0.1, -0.05) is 31.2 Å². The Morgan fingerprint density at radius 1 is 1.17 bits per heavy atom. The molecule has 96 valence electrons. The standard InChI is InChI=1S/C16H21NS/c1-4-9-17-13(3)14-5-7-15(8-6-14)16-10-12(2)18-11-16/h5-8,10-11,13,17H,4,9H2,1-3H3. The van der Waals surface area contributed by atoms with Crippen LogP contribution >= 0.6 is 11.3 Å². The Hall–Kier alpha value is -1.12. The zero-order valence-corrected chi connectivity index (χ0v) is 12.2. The largest absolute Gasteiger partial charge is 0.310 e. The van der Waals surface area contributed by atoms with Crippen molar-refractivity contribution in [2.45, 2.75) is 33.2 Å². The van der Waals surface area contributed by atoms with Crippen LogP contribution in [-0.2, 0) is 0 Å². The molecule has 0 bridgehead atoms. The highest BCUT2D eigenvalue weighted by molar-refractivity contribution is 7.10. The number of hydrogen-bond donors (Lipinski definition) is 1. The van der Waals surface area contributed by atoms with Crippen molar-refractivity contribution in [1.82, 2.24) is 5.32 Å². The summed E-state index contributed by atoms with van der Waals surface area (Å²) in [7, 11) is 0. The molecule has 0 aliphatic carbocycles. The summed E-state index contributed by atoms with van der Waals surface area (Å²) in [5.74, 6) is 0. The second-order valence-corrected chi connectivity index (χ2v) is 5.86. The first-order chi connectivity index (χ1) is 8.70. The average molecular weight is 259 g/mol. The molecule has 2 aromatic rings. The third-order valence-corrected chi connectivity index (χ3v) is 4.04. The van der Waals surface area contributed by atoms with Gasteiger partial charge in [-0.2, -0.15) is 0 Å². The zero-order valence-electron chi connectivity index (χ0n) is 11.4. The topological polar surface area (TPSA) is 12.0 Å². The molecule has 0 amide bonds. The van der Waals surface area contributed by atoms with Gasteiger partial charge in [-0.25, -0.2) is 0 Å². The minimum absolute atomic E-state index is 0.434. The Morgan fingerprint density at radius 3 is 2.44 bits per heavy atom. The van der Waals surface area contributed by atoms with Gasteiger partial charge in [-0.3, -0.25) is 0 Å². The number of benzene rings is 1. The van der Waals surface area contributed by atoms with Gasteiger partial charge in [0.2, 0.25) is 0 Å². The Morgan fingerprint density at radius 2 is 1.89 bits per heavy atom. The van der Waals surface area contributed by atoms with E-state index >= 15 is 0 Å². The number of thiophene rings is 1. The molecule has 2 heteroatoms. The van der Waals surface area contributed by atoms with E-state index < -0.39 is 0 Å². The highest BCUT2D eigenvalue weighted by Gasteiger charge is 2.05. The van der Waals surface area contributed by atoms with E-state index in [-0.39, 0.29) is 0 Å². The first-order valence-corrected chi connectivity index (χ1v) is 7.47. The summed E-state index contributed by atoms with van der Waals surface area (Å²) >= 11 is 1.81. The van der Waals surface area contributed by atoms with Crippen molar-refractivity contribution in [2.75, 3.05) is 6.54 Å². The third-order valence-electron chi connectivity index (χ3n) is 3.18. The molecule has 0 aliphatic heterocycles. The van der Waals surface area contributed by atoms with Crippen LogP contribution in [0.3, 0.4) is 0 Å². The maximum absolute atomic E-state index is 3.51. The molecule has 1 nitrogen and oxygen atoms in total. The minimum Gasteiger partial charge on any atom is -0.310 e. The lowest BCUT2D eigenvalue weighted by Crippen LogP contribution is -2.19. The van der Waals surface area contributed by atoms with E-state index in [1.165, 1.54) is 28.0 Å². The van der Waals surface area contributed by atoms with Crippen LogP contribution in [0.1, 0.15) is 36.8 Å². The van der Waals surface area contributed by atoms with Gasteiger partial charge in [0, 0.05) is 10.9 Å². The van der Waals surface area contributed by atoms with E-state index in [1.807, 2.05) is 11.3 Å². The molecule has 18 heavy (non-hydrogen) atoms. The molecular formula is C16H21NS. The third kappa shape index (κ3) is 3.21. The molecule has 0 radical (unpaired) electrons. The van der Waals surface area contributed by atoms with Crippen molar-refractivity contribution < 1.29 is 0 Å². The summed E-state index contributed by atoms with van der Waals surface area (Å²) in [4.78, 5) is 1.37. The monoisotopic (exact) mass is 259 g/mol. The molecule has 1 atom stereocenters. The van der Waals surface area contributed by atoms with Crippen LogP contribution in [0.4, 0.5) is 0 Å². The fraction of sp³-hybridized carbons (Fsp3) is 0.375. The van der Waals surface area contributed by atoms with Gasteiger partial charge in [0.1, 0.15) is 0 Å². The van der Waals surface area contributed by atoms with Crippen molar-refractivity contribution in [3.8, 4) is 11.1 Å². The van der Waals surface area contributed by atoms with Gasteiger partial charge in [-0.15, -0.1) is 11.3 Å². The minimum atomic E-state index is 0.434. The van der Waals surface area contributed by atoms with Crippen LogP contribution < -0.4 is 5.32 Å². The summed E-state index contributed by atoms with van der Waals surface area (Å²) in [6.45, 7) is 7.65. The Kier molecular flexibility index (Phi) is 4.56. The fourth-order valence-electron chi connectivity index (χ4n) is 2.04. The van der Waals surface area contributed by atoms with Crippen molar-refractivity contribution >= 4 is 11.3 Å². The molecule has 0 saturated carbocycles. The maximum atomic E-state index is 3.51. The second-order valence-electron chi connectivity index (χ2n) is 4.74. The summed E-state index contributed by atoms with van der Waals surface area (Å²) < 4.78 is 0. The summed E-state index contributed by atoms with van der Waals surface area (Å²) in [5, 5.41) is 5.74. The molecule has 0 fully saturated rings. The number of hydrogen-bond acceptors (Lipinski definition) is 2. The van der Waals surface area contributed by atoms with E-state index in [4.69, 9.17) is 0 Å². The molecule has 1 aromatic heterocycles. The quantitative estimate of drug-likeness (QED) is 0.814. The first kappa shape index (κ1) is 13.3. The second kappa shape index (κ2) is 6.17. The lowest BCUT2D eigenvalue weighted by Gasteiger charge is -2.13. The summed E-state index contributed by atoms with van der Waals surface area (Å²) in [5.41, 5.74) is 4.00. The molecule has 0 saturated heterocycles. The van der Waals surface area contributed by atoms with Crippen LogP contribution in [-0.4, -0.2) is 6.54 Å². The van der Waals surface area contributed by atoms with Gasteiger partial charge in [0.25, 0.3) is 0 Å². The molecule has 1 aromatic carbocycles. The molecular weight excluding hydrogens is 238 g/mol. The predicted octanol–water partition coefficient (Wildman–Crippen LogP) is 4.78. The Labute approximate surface area is 114 Å². The van der Waals surface area contributed by atoms with Crippen LogP contribution in [0.15, 0.2) is 35.7 Å². The summed E-state index contributed by atoms with van der Waals surface area (Å²) in [6, 6.07) is 11.6. The zero-order chi connectivity index (χ0) is 13.0. The van der Waals surface area contributed by atoms with E-state index in [9.17, 15) is 0 Å². The molecule has 1 heterocycles. The van der Waals surface area contributed by atoms with Crippen molar-refractivity contribution in [1.29, 1.82) is 0 Å². The van der Waals surface area contributed by atoms with Gasteiger partial charge >= 0.3 is 0 Å². The maximum Gasteiger partial charge on any atom is 0.0291 e. The van der Waals surface area contributed by atoms with E-state index in [0.29, 0.717) is 6.04 Å². The van der Waals surface area contributed by atoms with Crippen LogP contribution in [0.2, 0.25) is 0 Å². The van der Waals surface area contributed by atoms with Gasteiger partial charge < -0.3 is 5.32 Å². The Bertz CT molecular complexity index is 484. The highest BCUT2D eigenvalue weighted by atomic mass is 32.1. The molecule has 1 N–H and O–H groups in total. The van der Waals surface area contributed by atoms with Crippen molar-refractivity contribution in [3.63, 3.8) is 0 Å². The predicted molar refractivity (Wildman–Crippen MR) is 81.2 cm³/mol. The fourth-order valence-corrected chi connectivity index (χ4v) is 2.75. The smallest absolute Gasteiger partial charge is 0.0291 e. The Balaban J connectivity index is 2.10. The molecule has 0 aliphatic rings. The van der Waals surface area contributed by atoms with Crippen molar-refractivity contribution in [2.24, 2.45) is 0 Å². The normalized spacial score (nSPS) is 12.6. The van der Waals surface area contributed by atoms with E-state index in [2.05, 4.69) is 61.8 Å². The van der Waals surface area contributed by atoms with E-state index in [0.717, 1.165) is 6.54 Å². The van der Waals surface area contributed by atoms with Crippen LogP contribution in [0.5, 0.6) is 0 Å². The van der Waals surface area contributed by atoms with Crippen molar-refractivity contribution in [3.05, 3.63) is 46.2 Å². The van der Waals surface area contributed by atoms with Gasteiger partial charge in [0.05, 0.1) is 0 Å². The highest BCUT2D eigenvalue weighted by Crippen LogP contribution is 2.26. The average Bonchev–Trinajstić information content (AvgIpc) is 2.83. The lowest BCUT2D eigenvalue weighted by molar-refractivity contribution is 0.571. The van der Waals surface area contributed by atoms with Crippen LogP contribution in [0.25, 0.3) is 11.1 Å². The number of rotatable bonds is 5. The first-order valence-electron chi connectivity index (χ1n) is 6.59. The van der Waals surface area contributed by atoms with Crippen LogP contribution in [0, 0.1) is 6.92 Å². The van der Waals surface area contributed by atoms with Gasteiger partial charge in [-0.05, 0) is 54.9 Å². The van der Waals surface area contributed by atoms with E-state index in [1.54, 1.807) is 0 Å². The molecule has 2 rings (SSSR count). The summed E-state index contributed by atoms with van der Waals surface area (Å²) in [6.07, 6.45) is 1.18.